The number of rotatable bonds is 5. The lowest BCUT2D eigenvalue weighted by atomic mass is 10.2. The highest BCUT2D eigenvalue weighted by atomic mass is 32.2. The summed E-state index contributed by atoms with van der Waals surface area (Å²) in [4.78, 5) is 3.81. The van der Waals surface area contributed by atoms with E-state index in [1.54, 1.807) is 6.07 Å². The fourth-order valence-corrected chi connectivity index (χ4v) is 2.85. The summed E-state index contributed by atoms with van der Waals surface area (Å²) in [6.07, 6.45) is 2.96. The highest BCUT2D eigenvalue weighted by Crippen LogP contribution is 2.15. The van der Waals surface area contributed by atoms with Gasteiger partial charge in [-0.2, -0.15) is 0 Å². The molecule has 1 rings (SSSR count). The second-order valence-electron chi connectivity index (χ2n) is 3.52. The smallest absolute Gasteiger partial charge is 0.244 e. The maximum atomic E-state index is 12.0. The third-order valence-electron chi connectivity index (χ3n) is 2.40. The highest BCUT2D eigenvalue weighted by molar-refractivity contribution is 7.89. The van der Waals surface area contributed by atoms with E-state index in [-0.39, 0.29) is 16.8 Å². The van der Waals surface area contributed by atoms with E-state index in [0.717, 1.165) is 12.8 Å². The van der Waals surface area contributed by atoms with Crippen molar-refractivity contribution in [1.29, 1.82) is 0 Å². The molecule has 0 atom stereocenters. The summed E-state index contributed by atoms with van der Waals surface area (Å²) >= 11 is 0. The fraction of sp³-hybridized carbons (Fsp3) is 0.500. The van der Waals surface area contributed by atoms with E-state index in [1.165, 1.54) is 12.3 Å². The molecular formula is C10H17N3O2S. The van der Waals surface area contributed by atoms with E-state index in [2.05, 4.69) is 9.71 Å². The molecule has 3 N–H and O–H groups in total. The molecule has 0 aliphatic carbocycles. The summed E-state index contributed by atoms with van der Waals surface area (Å²) in [6.45, 7) is 3.87. The number of hydrogen-bond donors (Lipinski definition) is 2. The molecule has 0 aromatic carbocycles. The van der Waals surface area contributed by atoms with Gasteiger partial charge in [-0.1, -0.05) is 13.8 Å². The third-order valence-corrected chi connectivity index (χ3v) is 3.96. The van der Waals surface area contributed by atoms with Gasteiger partial charge in [-0.3, -0.25) is 0 Å². The normalized spacial score (nSPS) is 11.9. The molecule has 0 fully saturated rings. The van der Waals surface area contributed by atoms with E-state index < -0.39 is 10.0 Å². The Kier molecular flexibility index (Phi) is 4.26. The van der Waals surface area contributed by atoms with E-state index in [4.69, 9.17) is 5.73 Å². The monoisotopic (exact) mass is 243 g/mol. The first-order valence-electron chi connectivity index (χ1n) is 5.24. The molecule has 1 heterocycles. The average molecular weight is 243 g/mol. The van der Waals surface area contributed by atoms with Crippen molar-refractivity contribution in [3.8, 4) is 0 Å². The number of nitrogens with two attached hydrogens (primary N) is 1. The number of anilines is 1. The first-order valence-corrected chi connectivity index (χ1v) is 6.72. The number of hydrogen-bond acceptors (Lipinski definition) is 4. The van der Waals surface area contributed by atoms with Crippen LogP contribution in [0, 0.1) is 0 Å². The molecule has 0 aliphatic heterocycles. The molecule has 5 nitrogen and oxygen atoms in total. The van der Waals surface area contributed by atoms with Crippen LogP contribution >= 0.6 is 0 Å². The molecule has 0 amide bonds. The van der Waals surface area contributed by atoms with Crippen molar-refractivity contribution in [2.24, 2.45) is 0 Å². The molecule has 0 saturated carbocycles. The van der Waals surface area contributed by atoms with Crippen molar-refractivity contribution in [1.82, 2.24) is 9.71 Å². The van der Waals surface area contributed by atoms with E-state index >= 15 is 0 Å². The molecule has 0 saturated heterocycles. The first-order chi connectivity index (χ1) is 7.51. The van der Waals surface area contributed by atoms with E-state index in [1.807, 2.05) is 13.8 Å². The van der Waals surface area contributed by atoms with Crippen LogP contribution in [0.4, 0.5) is 5.82 Å². The number of nitrogens with zero attached hydrogens (tertiary/aromatic N) is 1. The molecule has 0 radical (unpaired) electrons. The standard InChI is InChI=1S/C10H17N3O2S/c1-3-8(4-2)13-16(14,15)9-6-5-7-12-10(9)11/h5-8,13H,3-4H2,1-2H3,(H2,11,12). The van der Waals surface area contributed by atoms with Gasteiger partial charge in [0.25, 0.3) is 0 Å². The van der Waals surface area contributed by atoms with Crippen LogP contribution in [0.15, 0.2) is 23.2 Å². The molecule has 16 heavy (non-hydrogen) atoms. The predicted molar refractivity (Wildman–Crippen MR) is 63.3 cm³/mol. The summed E-state index contributed by atoms with van der Waals surface area (Å²) in [5.74, 6) is 0.0287. The van der Waals surface area contributed by atoms with Gasteiger partial charge in [-0.15, -0.1) is 0 Å². The quantitative estimate of drug-likeness (QED) is 0.811. The molecule has 1 aromatic heterocycles. The maximum Gasteiger partial charge on any atom is 0.244 e. The van der Waals surface area contributed by atoms with Crippen LogP contribution in [0.5, 0.6) is 0 Å². The lowest BCUT2D eigenvalue weighted by Gasteiger charge is -2.15. The topological polar surface area (TPSA) is 85.1 Å². The Morgan fingerprint density at radius 3 is 2.56 bits per heavy atom. The summed E-state index contributed by atoms with van der Waals surface area (Å²) in [7, 11) is -3.55. The van der Waals surface area contributed by atoms with Gasteiger partial charge >= 0.3 is 0 Å². The molecule has 6 heteroatoms. The zero-order chi connectivity index (χ0) is 12.2. The lowest BCUT2D eigenvalue weighted by Crippen LogP contribution is -2.34. The van der Waals surface area contributed by atoms with Gasteiger partial charge in [0.05, 0.1) is 0 Å². The molecule has 90 valence electrons. The summed E-state index contributed by atoms with van der Waals surface area (Å²) in [6, 6.07) is 2.94. The van der Waals surface area contributed by atoms with E-state index in [9.17, 15) is 8.42 Å². The summed E-state index contributed by atoms with van der Waals surface area (Å²) < 4.78 is 26.5. The number of aromatic nitrogens is 1. The molecule has 0 bridgehead atoms. The van der Waals surface area contributed by atoms with Gasteiger partial charge in [0.15, 0.2) is 0 Å². The van der Waals surface area contributed by atoms with Crippen LogP contribution in [0.1, 0.15) is 26.7 Å². The minimum Gasteiger partial charge on any atom is -0.383 e. The number of pyridine rings is 1. The molecule has 0 unspecified atom stereocenters. The third kappa shape index (κ3) is 2.93. The van der Waals surface area contributed by atoms with Gasteiger partial charge < -0.3 is 5.73 Å². The van der Waals surface area contributed by atoms with Crippen LogP contribution in [-0.2, 0) is 10.0 Å². The molecule has 0 aliphatic rings. The minimum absolute atomic E-state index is 0.0287. The molecular weight excluding hydrogens is 226 g/mol. The second kappa shape index (κ2) is 5.27. The Bertz CT molecular complexity index is 441. The molecule has 0 spiro atoms. The predicted octanol–water partition coefficient (Wildman–Crippen LogP) is 1.13. The van der Waals surface area contributed by atoms with Gasteiger partial charge in [0.2, 0.25) is 10.0 Å². The van der Waals surface area contributed by atoms with Crippen molar-refractivity contribution in [2.45, 2.75) is 37.6 Å². The maximum absolute atomic E-state index is 12.0. The van der Waals surface area contributed by atoms with Crippen LogP contribution in [0.25, 0.3) is 0 Å². The Balaban J connectivity index is 2.99. The SMILES string of the molecule is CCC(CC)NS(=O)(=O)c1cccnc1N. The largest absolute Gasteiger partial charge is 0.383 e. The van der Waals surface area contributed by atoms with Gasteiger partial charge in [-0.05, 0) is 25.0 Å². The van der Waals surface area contributed by atoms with Crippen LogP contribution < -0.4 is 10.5 Å². The van der Waals surface area contributed by atoms with Crippen molar-refractivity contribution >= 4 is 15.8 Å². The van der Waals surface area contributed by atoms with Crippen LogP contribution in [-0.4, -0.2) is 19.4 Å². The van der Waals surface area contributed by atoms with Gasteiger partial charge in [0, 0.05) is 12.2 Å². The van der Waals surface area contributed by atoms with Crippen molar-refractivity contribution in [3.05, 3.63) is 18.3 Å². The van der Waals surface area contributed by atoms with Gasteiger partial charge in [-0.25, -0.2) is 18.1 Å². The van der Waals surface area contributed by atoms with Gasteiger partial charge in [0.1, 0.15) is 10.7 Å². The first kappa shape index (κ1) is 12.9. The second-order valence-corrected chi connectivity index (χ2v) is 5.20. The van der Waals surface area contributed by atoms with Crippen molar-refractivity contribution < 1.29 is 8.42 Å². The zero-order valence-electron chi connectivity index (χ0n) is 9.47. The van der Waals surface area contributed by atoms with Crippen molar-refractivity contribution in [3.63, 3.8) is 0 Å². The van der Waals surface area contributed by atoms with E-state index in [0.29, 0.717) is 0 Å². The van der Waals surface area contributed by atoms with Crippen LogP contribution in [0.2, 0.25) is 0 Å². The number of sulfonamides is 1. The molecule has 1 aromatic rings. The Morgan fingerprint density at radius 1 is 1.44 bits per heavy atom. The van der Waals surface area contributed by atoms with Crippen molar-refractivity contribution in [2.75, 3.05) is 5.73 Å². The summed E-state index contributed by atoms with van der Waals surface area (Å²) in [5.41, 5.74) is 5.54. The zero-order valence-corrected chi connectivity index (χ0v) is 10.3. The Morgan fingerprint density at radius 2 is 2.06 bits per heavy atom. The number of nitrogen functional groups attached to an aromatic ring is 1. The Hall–Kier alpha value is -1.14. The fourth-order valence-electron chi connectivity index (χ4n) is 1.37. The lowest BCUT2D eigenvalue weighted by molar-refractivity contribution is 0.530. The number of nitrogens with one attached hydrogen (secondary N) is 1. The summed E-state index contributed by atoms with van der Waals surface area (Å²) in [5, 5.41) is 0. The Labute approximate surface area is 96.1 Å². The van der Waals surface area contributed by atoms with Crippen LogP contribution in [0.3, 0.4) is 0 Å². The average Bonchev–Trinajstić information content (AvgIpc) is 2.26. The highest BCUT2D eigenvalue weighted by Gasteiger charge is 2.20. The minimum atomic E-state index is -3.55.